The zero-order valence-electron chi connectivity index (χ0n) is 15.1. The summed E-state index contributed by atoms with van der Waals surface area (Å²) in [5.74, 6) is -0.226. The summed E-state index contributed by atoms with van der Waals surface area (Å²) in [6, 6.07) is 21.5. The molecule has 3 rings (SSSR count). The SMILES string of the molecule is COc1ccccc1C(=O)Oc1ccc(/C=C(/C#N)c2ccccc2F)cc1. The molecule has 0 bridgehead atoms. The molecule has 3 aromatic carbocycles. The van der Waals surface area contributed by atoms with Crippen molar-refractivity contribution >= 4 is 17.6 Å². The van der Waals surface area contributed by atoms with Crippen molar-refractivity contribution < 1.29 is 18.7 Å². The van der Waals surface area contributed by atoms with Crippen LogP contribution < -0.4 is 9.47 Å². The molecule has 0 aliphatic carbocycles. The summed E-state index contributed by atoms with van der Waals surface area (Å²) in [5.41, 5.74) is 1.44. The quantitative estimate of drug-likeness (QED) is 0.270. The number of nitriles is 1. The van der Waals surface area contributed by atoms with Gasteiger partial charge in [-0.05, 0) is 42.0 Å². The van der Waals surface area contributed by atoms with Crippen LogP contribution in [-0.4, -0.2) is 13.1 Å². The Morgan fingerprint density at radius 3 is 2.25 bits per heavy atom. The molecule has 0 aromatic heterocycles. The van der Waals surface area contributed by atoms with Gasteiger partial charge in [-0.15, -0.1) is 0 Å². The monoisotopic (exact) mass is 373 g/mol. The lowest BCUT2D eigenvalue weighted by molar-refractivity contribution is 0.0731. The standard InChI is InChI=1S/C23H16FNO3/c1-27-22-9-5-3-7-20(22)23(26)28-18-12-10-16(11-13-18)14-17(15-25)19-6-2-4-8-21(19)24/h2-14H,1H3/b17-14-. The van der Waals surface area contributed by atoms with Crippen LogP contribution in [0.1, 0.15) is 21.5 Å². The molecule has 138 valence electrons. The van der Waals surface area contributed by atoms with Gasteiger partial charge in [-0.1, -0.05) is 42.5 Å². The van der Waals surface area contributed by atoms with E-state index >= 15 is 0 Å². The van der Waals surface area contributed by atoms with Crippen LogP contribution in [-0.2, 0) is 0 Å². The summed E-state index contributed by atoms with van der Waals surface area (Å²) < 4.78 is 24.4. The number of allylic oxidation sites excluding steroid dienone is 1. The van der Waals surface area contributed by atoms with E-state index in [9.17, 15) is 14.4 Å². The highest BCUT2D eigenvalue weighted by Crippen LogP contribution is 2.23. The zero-order valence-corrected chi connectivity index (χ0v) is 15.1. The fourth-order valence-corrected chi connectivity index (χ4v) is 2.62. The molecule has 28 heavy (non-hydrogen) atoms. The van der Waals surface area contributed by atoms with E-state index in [0.717, 1.165) is 0 Å². The Balaban J connectivity index is 1.79. The molecule has 0 aliphatic heterocycles. The maximum Gasteiger partial charge on any atom is 0.347 e. The predicted molar refractivity (Wildman–Crippen MR) is 104 cm³/mol. The van der Waals surface area contributed by atoms with Crippen molar-refractivity contribution in [1.82, 2.24) is 0 Å². The lowest BCUT2D eigenvalue weighted by Gasteiger charge is -2.08. The topological polar surface area (TPSA) is 59.3 Å². The Hall–Kier alpha value is -3.91. The van der Waals surface area contributed by atoms with Gasteiger partial charge in [0, 0.05) is 5.56 Å². The average Bonchev–Trinajstić information content (AvgIpc) is 2.73. The first kappa shape index (κ1) is 18.9. The van der Waals surface area contributed by atoms with E-state index in [4.69, 9.17) is 9.47 Å². The number of para-hydroxylation sites is 1. The van der Waals surface area contributed by atoms with Crippen molar-refractivity contribution in [2.75, 3.05) is 7.11 Å². The molecule has 0 unspecified atom stereocenters. The number of carbonyl (C=O) groups excluding carboxylic acids is 1. The molecule has 0 fully saturated rings. The molecular formula is C23H16FNO3. The summed E-state index contributed by atoms with van der Waals surface area (Å²) >= 11 is 0. The van der Waals surface area contributed by atoms with Gasteiger partial charge in [0.05, 0.1) is 18.8 Å². The van der Waals surface area contributed by atoms with Crippen LogP contribution in [0.3, 0.4) is 0 Å². The smallest absolute Gasteiger partial charge is 0.347 e. The third-order valence-corrected chi connectivity index (χ3v) is 4.01. The molecule has 3 aromatic rings. The average molecular weight is 373 g/mol. The van der Waals surface area contributed by atoms with Crippen LogP contribution in [0.25, 0.3) is 11.6 Å². The maximum atomic E-state index is 13.9. The number of hydrogen-bond acceptors (Lipinski definition) is 4. The van der Waals surface area contributed by atoms with Gasteiger partial charge in [-0.3, -0.25) is 0 Å². The summed E-state index contributed by atoms with van der Waals surface area (Å²) in [6.07, 6.45) is 1.57. The molecule has 5 heteroatoms. The third-order valence-electron chi connectivity index (χ3n) is 4.01. The molecule has 0 N–H and O–H groups in total. The summed E-state index contributed by atoms with van der Waals surface area (Å²) in [5, 5.41) is 9.35. The lowest BCUT2D eigenvalue weighted by Crippen LogP contribution is -2.09. The first-order valence-electron chi connectivity index (χ1n) is 8.44. The Labute approximate surface area is 162 Å². The Kier molecular flexibility index (Phi) is 5.83. The van der Waals surface area contributed by atoms with Gasteiger partial charge in [0.2, 0.25) is 0 Å². The summed E-state index contributed by atoms with van der Waals surface area (Å²) in [7, 11) is 1.48. The molecule has 0 saturated heterocycles. The van der Waals surface area contributed by atoms with Crippen LogP contribution in [0.15, 0.2) is 72.8 Å². The molecule has 0 atom stereocenters. The number of benzene rings is 3. The molecule has 0 aliphatic rings. The van der Waals surface area contributed by atoms with Crippen molar-refractivity contribution in [2.45, 2.75) is 0 Å². The molecule has 0 spiro atoms. The van der Waals surface area contributed by atoms with Crippen LogP contribution in [0.2, 0.25) is 0 Å². The Morgan fingerprint density at radius 2 is 1.61 bits per heavy atom. The lowest BCUT2D eigenvalue weighted by atomic mass is 10.0. The number of halogens is 1. The normalized spacial score (nSPS) is 10.8. The number of carbonyl (C=O) groups is 1. The highest BCUT2D eigenvalue weighted by Gasteiger charge is 2.14. The second-order valence-electron chi connectivity index (χ2n) is 5.81. The van der Waals surface area contributed by atoms with E-state index in [1.165, 1.54) is 13.2 Å². The van der Waals surface area contributed by atoms with Crippen LogP contribution in [0.5, 0.6) is 11.5 Å². The summed E-state index contributed by atoms with van der Waals surface area (Å²) in [6.45, 7) is 0. The van der Waals surface area contributed by atoms with Gasteiger partial charge in [0.25, 0.3) is 0 Å². The second-order valence-corrected chi connectivity index (χ2v) is 5.81. The van der Waals surface area contributed by atoms with Gasteiger partial charge in [-0.25, -0.2) is 9.18 Å². The van der Waals surface area contributed by atoms with Crippen LogP contribution >= 0.6 is 0 Å². The highest BCUT2D eigenvalue weighted by atomic mass is 19.1. The van der Waals surface area contributed by atoms with E-state index in [2.05, 4.69) is 0 Å². The van der Waals surface area contributed by atoms with E-state index < -0.39 is 11.8 Å². The van der Waals surface area contributed by atoms with Crippen molar-refractivity contribution in [2.24, 2.45) is 0 Å². The number of rotatable bonds is 5. The number of hydrogen-bond donors (Lipinski definition) is 0. The van der Waals surface area contributed by atoms with Crippen molar-refractivity contribution in [3.63, 3.8) is 0 Å². The molecule has 0 heterocycles. The van der Waals surface area contributed by atoms with Crippen LogP contribution in [0.4, 0.5) is 4.39 Å². The fraction of sp³-hybridized carbons (Fsp3) is 0.0435. The summed E-state index contributed by atoms with van der Waals surface area (Å²) in [4.78, 5) is 12.3. The zero-order chi connectivity index (χ0) is 19.9. The van der Waals surface area contributed by atoms with Gasteiger partial charge >= 0.3 is 5.97 Å². The van der Waals surface area contributed by atoms with Gasteiger partial charge < -0.3 is 9.47 Å². The van der Waals surface area contributed by atoms with Gasteiger partial charge in [-0.2, -0.15) is 5.26 Å². The first-order valence-corrected chi connectivity index (χ1v) is 8.44. The number of ether oxygens (including phenoxy) is 2. The van der Waals surface area contributed by atoms with Gasteiger partial charge in [0.1, 0.15) is 22.9 Å². The van der Waals surface area contributed by atoms with E-state index in [1.807, 2.05) is 6.07 Å². The fourth-order valence-electron chi connectivity index (χ4n) is 2.62. The van der Waals surface area contributed by atoms with E-state index in [1.54, 1.807) is 72.8 Å². The Bertz CT molecular complexity index is 1070. The van der Waals surface area contributed by atoms with Crippen molar-refractivity contribution in [3.05, 3.63) is 95.3 Å². The first-order chi connectivity index (χ1) is 13.6. The molecular weight excluding hydrogens is 357 g/mol. The number of methoxy groups -OCH3 is 1. The largest absolute Gasteiger partial charge is 0.496 e. The minimum atomic E-state index is -0.537. The minimum absolute atomic E-state index is 0.205. The van der Waals surface area contributed by atoms with Gasteiger partial charge in [0.15, 0.2) is 0 Å². The number of nitrogens with zero attached hydrogens (tertiary/aromatic N) is 1. The second kappa shape index (κ2) is 8.65. The third kappa shape index (κ3) is 4.25. The highest BCUT2D eigenvalue weighted by molar-refractivity contribution is 5.94. The Morgan fingerprint density at radius 1 is 0.964 bits per heavy atom. The maximum absolute atomic E-state index is 13.9. The minimum Gasteiger partial charge on any atom is -0.496 e. The van der Waals surface area contributed by atoms with Crippen molar-refractivity contribution in [1.29, 1.82) is 5.26 Å². The molecule has 0 radical (unpaired) electrons. The predicted octanol–water partition coefficient (Wildman–Crippen LogP) is 5.12. The van der Waals surface area contributed by atoms with E-state index in [0.29, 0.717) is 22.6 Å². The molecule has 0 amide bonds. The molecule has 4 nitrogen and oxygen atoms in total. The van der Waals surface area contributed by atoms with E-state index in [-0.39, 0.29) is 11.1 Å². The van der Waals surface area contributed by atoms with Crippen LogP contribution in [0, 0.1) is 17.1 Å². The number of esters is 1. The molecule has 0 saturated carbocycles. The van der Waals surface area contributed by atoms with Crippen molar-refractivity contribution in [3.8, 4) is 17.6 Å².